The number of carbonyl (C=O) groups excluding carboxylic acids is 2. The van der Waals surface area contributed by atoms with Crippen molar-refractivity contribution in [2.75, 3.05) is 5.32 Å². The topological polar surface area (TPSA) is 114 Å². The standard InChI is InChI=1S/C16H14N4O4/c1-11-2-6-13(7-3-11)18-15(21)16(22)19-17-10-12-4-8-14(9-5-12)20(23)24/h2-10H,1H3,(H,18,21)(H,19,22). The van der Waals surface area contributed by atoms with Crippen LogP contribution in [0.1, 0.15) is 11.1 Å². The van der Waals surface area contributed by atoms with Gasteiger partial charge in [-0.2, -0.15) is 5.10 Å². The Morgan fingerprint density at radius 3 is 2.25 bits per heavy atom. The van der Waals surface area contributed by atoms with Crippen molar-refractivity contribution in [2.45, 2.75) is 6.92 Å². The highest BCUT2D eigenvalue weighted by Gasteiger charge is 2.12. The minimum Gasteiger partial charge on any atom is -0.318 e. The number of aryl methyl sites for hydroxylation is 1. The molecule has 0 aliphatic rings. The molecule has 2 N–H and O–H groups in total. The molecule has 0 saturated heterocycles. The molecule has 0 bridgehead atoms. The molecule has 0 aromatic heterocycles. The third kappa shape index (κ3) is 4.73. The molecule has 122 valence electrons. The third-order valence-corrected chi connectivity index (χ3v) is 3.00. The number of carbonyl (C=O) groups is 2. The summed E-state index contributed by atoms with van der Waals surface area (Å²) >= 11 is 0. The maximum absolute atomic E-state index is 11.7. The molecule has 8 heteroatoms. The molecule has 0 unspecified atom stereocenters. The van der Waals surface area contributed by atoms with E-state index in [-0.39, 0.29) is 5.69 Å². The van der Waals surface area contributed by atoms with Gasteiger partial charge in [0.1, 0.15) is 0 Å². The van der Waals surface area contributed by atoms with Crippen LogP contribution in [0.25, 0.3) is 0 Å². The van der Waals surface area contributed by atoms with Crippen LogP contribution in [0.15, 0.2) is 53.6 Å². The van der Waals surface area contributed by atoms with Crippen molar-refractivity contribution in [2.24, 2.45) is 5.10 Å². The lowest BCUT2D eigenvalue weighted by atomic mass is 10.2. The second-order valence-electron chi connectivity index (χ2n) is 4.87. The van der Waals surface area contributed by atoms with Gasteiger partial charge in [0.25, 0.3) is 5.69 Å². The lowest BCUT2D eigenvalue weighted by Gasteiger charge is -2.04. The van der Waals surface area contributed by atoms with Gasteiger partial charge >= 0.3 is 11.8 Å². The highest BCUT2D eigenvalue weighted by atomic mass is 16.6. The molecule has 0 aliphatic heterocycles. The lowest BCUT2D eigenvalue weighted by molar-refractivity contribution is -0.384. The summed E-state index contributed by atoms with van der Waals surface area (Å²) in [4.78, 5) is 33.3. The van der Waals surface area contributed by atoms with Crippen LogP contribution in [0.4, 0.5) is 11.4 Å². The maximum atomic E-state index is 11.7. The van der Waals surface area contributed by atoms with Crippen molar-refractivity contribution in [3.8, 4) is 0 Å². The van der Waals surface area contributed by atoms with E-state index in [4.69, 9.17) is 0 Å². The number of non-ortho nitro benzene ring substituents is 1. The molecule has 0 spiro atoms. The normalized spacial score (nSPS) is 10.4. The summed E-state index contributed by atoms with van der Waals surface area (Å²) in [5.41, 5.74) is 4.11. The molecule has 0 saturated carbocycles. The van der Waals surface area contributed by atoms with E-state index in [9.17, 15) is 19.7 Å². The van der Waals surface area contributed by atoms with Crippen molar-refractivity contribution in [3.63, 3.8) is 0 Å². The Hall–Kier alpha value is -3.55. The van der Waals surface area contributed by atoms with Crippen LogP contribution in [0, 0.1) is 17.0 Å². The van der Waals surface area contributed by atoms with Crippen molar-refractivity contribution in [1.82, 2.24) is 5.43 Å². The number of nitrogens with zero attached hydrogens (tertiary/aromatic N) is 2. The summed E-state index contributed by atoms with van der Waals surface area (Å²) in [6.07, 6.45) is 1.28. The number of benzene rings is 2. The van der Waals surface area contributed by atoms with Gasteiger partial charge in [0.15, 0.2) is 0 Å². The van der Waals surface area contributed by atoms with Crippen LogP contribution >= 0.6 is 0 Å². The first kappa shape index (κ1) is 16.8. The molecule has 2 rings (SSSR count). The quantitative estimate of drug-likeness (QED) is 0.387. The smallest absolute Gasteiger partial charge is 0.318 e. The van der Waals surface area contributed by atoms with E-state index >= 15 is 0 Å². The fraction of sp³-hybridized carbons (Fsp3) is 0.0625. The number of anilines is 1. The fourth-order valence-electron chi connectivity index (χ4n) is 1.72. The van der Waals surface area contributed by atoms with E-state index in [1.54, 1.807) is 24.3 Å². The van der Waals surface area contributed by atoms with E-state index in [0.29, 0.717) is 11.3 Å². The summed E-state index contributed by atoms with van der Waals surface area (Å²) in [5.74, 6) is -1.77. The van der Waals surface area contributed by atoms with Crippen LogP contribution in [0.5, 0.6) is 0 Å². The molecule has 24 heavy (non-hydrogen) atoms. The van der Waals surface area contributed by atoms with Crippen LogP contribution in [0.3, 0.4) is 0 Å². The predicted octanol–water partition coefficient (Wildman–Crippen LogP) is 1.99. The van der Waals surface area contributed by atoms with Gasteiger partial charge in [0, 0.05) is 17.8 Å². The van der Waals surface area contributed by atoms with E-state index in [2.05, 4.69) is 15.8 Å². The van der Waals surface area contributed by atoms with Crippen molar-refractivity contribution in [1.29, 1.82) is 0 Å². The summed E-state index contributed by atoms with van der Waals surface area (Å²) in [6, 6.07) is 12.5. The van der Waals surface area contributed by atoms with Gasteiger partial charge in [-0.25, -0.2) is 5.43 Å². The van der Waals surface area contributed by atoms with Crippen LogP contribution in [-0.2, 0) is 9.59 Å². The van der Waals surface area contributed by atoms with Gasteiger partial charge in [-0.3, -0.25) is 19.7 Å². The number of nitrogens with one attached hydrogen (secondary N) is 2. The monoisotopic (exact) mass is 326 g/mol. The first-order valence-electron chi connectivity index (χ1n) is 6.91. The molecule has 8 nitrogen and oxygen atoms in total. The molecule has 0 heterocycles. The number of rotatable bonds is 4. The van der Waals surface area contributed by atoms with Gasteiger partial charge in [-0.05, 0) is 36.8 Å². The minimum absolute atomic E-state index is 0.0475. The summed E-state index contributed by atoms with van der Waals surface area (Å²) < 4.78 is 0. The van der Waals surface area contributed by atoms with Gasteiger partial charge in [0.2, 0.25) is 0 Å². The minimum atomic E-state index is -0.922. The Balaban J connectivity index is 1.88. The van der Waals surface area contributed by atoms with Crippen LogP contribution in [0.2, 0.25) is 0 Å². The molecule has 2 aromatic rings. The third-order valence-electron chi connectivity index (χ3n) is 3.00. The number of hydrogen-bond donors (Lipinski definition) is 2. The van der Waals surface area contributed by atoms with E-state index in [1.807, 2.05) is 6.92 Å². The molecule has 0 fully saturated rings. The van der Waals surface area contributed by atoms with Crippen molar-refractivity contribution >= 4 is 29.4 Å². The molecule has 2 aromatic carbocycles. The van der Waals surface area contributed by atoms with Crippen molar-refractivity contribution < 1.29 is 14.5 Å². The zero-order valence-electron chi connectivity index (χ0n) is 12.7. The second-order valence-corrected chi connectivity index (χ2v) is 4.87. The van der Waals surface area contributed by atoms with Crippen LogP contribution in [-0.4, -0.2) is 23.0 Å². The second kappa shape index (κ2) is 7.63. The molecular formula is C16H14N4O4. The zero-order valence-corrected chi connectivity index (χ0v) is 12.7. The van der Waals surface area contributed by atoms with E-state index in [1.165, 1.54) is 30.5 Å². The average Bonchev–Trinajstić information content (AvgIpc) is 2.57. The number of hydrogen-bond acceptors (Lipinski definition) is 5. The van der Waals surface area contributed by atoms with E-state index in [0.717, 1.165) is 5.56 Å². The zero-order chi connectivity index (χ0) is 17.5. The first-order valence-corrected chi connectivity index (χ1v) is 6.91. The van der Waals surface area contributed by atoms with Crippen LogP contribution < -0.4 is 10.7 Å². The van der Waals surface area contributed by atoms with E-state index < -0.39 is 16.7 Å². The molecule has 0 atom stereocenters. The number of hydrazone groups is 1. The number of amides is 2. The van der Waals surface area contributed by atoms with Crippen molar-refractivity contribution in [3.05, 3.63) is 69.8 Å². The Morgan fingerprint density at radius 2 is 1.67 bits per heavy atom. The van der Waals surface area contributed by atoms with Gasteiger partial charge in [0.05, 0.1) is 11.1 Å². The Labute approximate surface area is 137 Å². The SMILES string of the molecule is Cc1ccc(NC(=O)C(=O)NN=Cc2ccc([N+](=O)[O-])cc2)cc1. The number of nitro benzene ring substituents is 1. The van der Waals surface area contributed by atoms with Gasteiger partial charge < -0.3 is 5.32 Å². The molecular weight excluding hydrogens is 312 g/mol. The largest absolute Gasteiger partial charge is 0.329 e. The average molecular weight is 326 g/mol. The summed E-state index contributed by atoms with van der Waals surface area (Å²) in [5, 5.41) is 16.6. The highest BCUT2D eigenvalue weighted by Crippen LogP contribution is 2.10. The van der Waals surface area contributed by atoms with Gasteiger partial charge in [-0.15, -0.1) is 0 Å². The van der Waals surface area contributed by atoms with Gasteiger partial charge in [-0.1, -0.05) is 17.7 Å². The molecule has 2 amide bonds. The molecule has 0 radical (unpaired) electrons. The first-order chi connectivity index (χ1) is 11.5. The Bertz CT molecular complexity index is 783. The fourth-order valence-corrected chi connectivity index (χ4v) is 1.72. The summed E-state index contributed by atoms with van der Waals surface area (Å²) in [7, 11) is 0. The number of nitro groups is 1. The predicted molar refractivity (Wildman–Crippen MR) is 88.6 cm³/mol. The Kier molecular flexibility index (Phi) is 5.35. The summed E-state index contributed by atoms with van der Waals surface area (Å²) in [6.45, 7) is 1.91. The Morgan fingerprint density at radius 1 is 1.04 bits per heavy atom. The highest BCUT2D eigenvalue weighted by molar-refractivity contribution is 6.39. The molecule has 0 aliphatic carbocycles. The lowest BCUT2D eigenvalue weighted by Crippen LogP contribution is -2.32. The maximum Gasteiger partial charge on any atom is 0.329 e.